The number of benzene rings is 2. The highest BCUT2D eigenvalue weighted by atomic mass is 127. The van der Waals surface area contributed by atoms with Gasteiger partial charge in [-0.2, -0.15) is 0 Å². The summed E-state index contributed by atoms with van der Waals surface area (Å²) in [6.07, 6.45) is 0.270. The number of rotatable bonds is 5. The minimum atomic E-state index is -0.0980. The van der Waals surface area contributed by atoms with Gasteiger partial charge in [0.15, 0.2) is 5.96 Å². The third-order valence-electron chi connectivity index (χ3n) is 3.07. The van der Waals surface area contributed by atoms with Gasteiger partial charge in [-0.3, -0.25) is 9.79 Å². The highest BCUT2D eigenvalue weighted by molar-refractivity contribution is 14.0. The Morgan fingerprint density at radius 2 is 1.58 bits per heavy atom. The van der Waals surface area contributed by atoms with Crippen LogP contribution < -0.4 is 16.4 Å². The average Bonchev–Trinajstić information content (AvgIpc) is 2.52. The van der Waals surface area contributed by atoms with Crippen molar-refractivity contribution in [3.63, 3.8) is 0 Å². The van der Waals surface area contributed by atoms with E-state index in [9.17, 15) is 4.79 Å². The number of guanidine groups is 1. The Bertz CT molecular complexity index is 687. The molecule has 0 saturated heterocycles. The average molecular weight is 503 g/mol. The van der Waals surface area contributed by atoms with Gasteiger partial charge in [0.05, 0.1) is 6.54 Å². The Morgan fingerprint density at radius 1 is 1.04 bits per heavy atom. The summed E-state index contributed by atoms with van der Waals surface area (Å²) in [5, 5.41) is 5.80. The van der Waals surface area contributed by atoms with Crippen molar-refractivity contribution in [1.82, 2.24) is 0 Å². The number of carbonyl (C=O) groups excluding carboxylic acids is 1. The molecule has 0 heterocycles. The summed E-state index contributed by atoms with van der Waals surface area (Å²) < 4.78 is 0.968. The Labute approximate surface area is 167 Å². The van der Waals surface area contributed by atoms with Gasteiger partial charge in [-0.25, -0.2) is 0 Å². The van der Waals surface area contributed by atoms with Crippen LogP contribution in [0.4, 0.5) is 11.4 Å². The molecule has 0 fully saturated rings. The second-order valence-corrected chi connectivity index (χ2v) is 5.98. The maximum absolute atomic E-state index is 11.8. The lowest BCUT2D eigenvalue weighted by Crippen LogP contribution is -2.23. The van der Waals surface area contributed by atoms with Crippen LogP contribution in [0.3, 0.4) is 0 Å². The monoisotopic (exact) mass is 502 g/mol. The number of nitrogens with two attached hydrogens (primary N) is 1. The molecule has 5 nitrogen and oxygen atoms in total. The molecule has 0 saturated carbocycles. The van der Waals surface area contributed by atoms with Gasteiger partial charge in [-0.15, -0.1) is 24.0 Å². The van der Waals surface area contributed by atoms with E-state index in [-0.39, 0.29) is 36.3 Å². The highest BCUT2D eigenvalue weighted by Crippen LogP contribution is 2.14. The van der Waals surface area contributed by atoms with E-state index in [4.69, 9.17) is 5.73 Å². The zero-order chi connectivity index (χ0) is 16.7. The molecule has 0 aliphatic rings. The van der Waals surface area contributed by atoms with E-state index in [2.05, 4.69) is 31.6 Å². The second kappa shape index (κ2) is 10.3. The first-order chi connectivity index (χ1) is 11.0. The number of halogens is 2. The van der Waals surface area contributed by atoms with Gasteiger partial charge < -0.3 is 16.4 Å². The zero-order valence-electron chi connectivity index (χ0n) is 13.3. The van der Waals surface area contributed by atoms with Crippen LogP contribution in [0.15, 0.2) is 58.0 Å². The number of amides is 1. The second-order valence-electron chi connectivity index (χ2n) is 5.06. The van der Waals surface area contributed by atoms with Gasteiger partial charge in [-0.1, -0.05) is 33.6 Å². The molecule has 0 spiro atoms. The first kappa shape index (κ1) is 20.4. The van der Waals surface area contributed by atoms with Crippen molar-refractivity contribution in [2.45, 2.75) is 13.3 Å². The molecule has 128 valence electrons. The predicted molar refractivity (Wildman–Crippen MR) is 114 cm³/mol. The van der Waals surface area contributed by atoms with E-state index in [1.807, 2.05) is 55.5 Å². The molecular weight excluding hydrogens is 483 g/mol. The molecular formula is C17H20BrIN4O. The van der Waals surface area contributed by atoms with E-state index < -0.39 is 0 Å². The number of nitrogens with one attached hydrogen (secondary N) is 2. The molecule has 0 radical (unpaired) electrons. The molecule has 0 bridgehead atoms. The summed E-state index contributed by atoms with van der Waals surface area (Å²) in [7, 11) is 0. The van der Waals surface area contributed by atoms with E-state index >= 15 is 0 Å². The first-order valence-electron chi connectivity index (χ1n) is 7.22. The van der Waals surface area contributed by atoms with E-state index in [0.29, 0.717) is 12.5 Å². The van der Waals surface area contributed by atoms with E-state index in [1.54, 1.807) is 0 Å². The molecule has 2 rings (SSSR count). The molecule has 7 heteroatoms. The fraction of sp³-hybridized carbons (Fsp3) is 0.176. The third-order valence-corrected chi connectivity index (χ3v) is 3.60. The third kappa shape index (κ3) is 7.31. The smallest absolute Gasteiger partial charge is 0.226 e. The number of aliphatic imine (C=N–C) groups is 1. The molecule has 0 atom stereocenters. The van der Waals surface area contributed by atoms with Crippen LogP contribution >= 0.6 is 39.9 Å². The fourth-order valence-electron chi connectivity index (χ4n) is 1.86. The summed E-state index contributed by atoms with van der Waals surface area (Å²) in [4.78, 5) is 16.0. The van der Waals surface area contributed by atoms with Crippen LogP contribution in [-0.4, -0.2) is 18.4 Å². The number of carbonyl (C=O) groups is 1. The Hall–Kier alpha value is -1.61. The summed E-state index contributed by atoms with van der Waals surface area (Å²) in [6.45, 7) is 2.35. The first-order valence-corrected chi connectivity index (χ1v) is 8.01. The lowest BCUT2D eigenvalue weighted by Gasteiger charge is -2.06. The number of anilines is 2. The molecule has 0 aliphatic heterocycles. The highest BCUT2D eigenvalue weighted by Gasteiger charge is 2.02. The van der Waals surface area contributed by atoms with E-state index in [0.717, 1.165) is 15.8 Å². The van der Waals surface area contributed by atoms with Crippen molar-refractivity contribution in [1.29, 1.82) is 0 Å². The SMILES string of the molecule is Cc1ccc(NC(N)=NCCC(=O)Nc2ccc(Br)cc2)cc1.I. The topological polar surface area (TPSA) is 79.5 Å². The molecule has 0 aromatic heterocycles. The Balaban J connectivity index is 0.00000288. The Kier molecular flexibility index (Phi) is 8.77. The van der Waals surface area contributed by atoms with Gasteiger partial charge in [-0.05, 0) is 43.3 Å². The summed E-state index contributed by atoms with van der Waals surface area (Å²) >= 11 is 3.35. The maximum atomic E-state index is 11.8. The van der Waals surface area contributed by atoms with Gasteiger partial charge in [0, 0.05) is 22.3 Å². The zero-order valence-corrected chi connectivity index (χ0v) is 17.2. The molecule has 0 unspecified atom stereocenters. The predicted octanol–water partition coefficient (Wildman–Crippen LogP) is 4.13. The quantitative estimate of drug-likeness (QED) is 0.326. The molecule has 2 aromatic carbocycles. The molecule has 4 N–H and O–H groups in total. The van der Waals surface area contributed by atoms with Crippen LogP contribution in [0.1, 0.15) is 12.0 Å². The van der Waals surface area contributed by atoms with Crippen LogP contribution in [-0.2, 0) is 4.79 Å². The maximum Gasteiger partial charge on any atom is 0.226 e. The normalized spacial score (nSPS) is 10.7. The van der Waals surface area contributed by atoms with Crippen LogP contribution in [0.25, 0.3) is 0 Å². The van der Waals surface area contributed by atoms with Crippen molar-refractivity contribution < 1.29 is 4.79 Å². The van der Waals surface area contributed by atoms with E-state index in [1.165, 1.54) is 5.56 Å². The molecule has 24 heavy (non-hydrogen) atoms. The van der Waals surface area contributed by atoms with Gasteiger partial charge in [0.1, 0.15) is 0 Å². The number of hydrogen-bond acceptors (Lipinski definition) is 2. The fourth-order valence-corrected chi connectivity index (χ4v) is 2.12. The van der Waals surface area contributed by atoms with Crippen molar-refractivity contribution >= 4 is 63.1 Å². The number of aryl methyl sites for hydroxylation is 1. The van der Waals surface area contributed by atoms with Gasteiger partial charge >= 0.3 is 0 Å². The lowest BCUT2D eigenvalue weighted by atomic mass is 10.2. The molecule has 0 aliphatic carbocycles. The minimum Gasteiger partial charge on any atom is -0.370 e. The summed E-state index contributed by atoms with van der Waals surface area (Å²) in [5.41, 5.74) is 8.61. The van der Waals surface area contributed by atoms with Gasteiger partial charge in [0.25, 0.3) is 0 Å². The van der Waals surface area contributed by atoms with Gasteiger partial charge in [0.2, 0.25) is 5.91 Å². The summed E-state index contributed by atoms with van der Waals surface area (Å²) in [5.74, 6) is 0.199. The molecule has 2 aromatic rings. The largest absolute Gasteiger partial charge is 0.370 e. The number of nitrogens with zero attached hydrogens (tertiary/aromatic N) is 1. The van der Waals surface area contributed by atoms with Crippen molar-refractivity contribution in [2.75, 3.05) is 17.2 Å². The summed E-state index contributed by atoms with van der Waals surface area (Å²) in [6, 6.07) is 15.2. The minimum absolute atomic E-state index is 0. The van der Waals surface area contributed by atoms with Crippen molar-refractivity contribution in [2.24, 2.45) is 10.7 Å². The van der Waals surface area contributed by atoms with Crippen molar-refractivity contribution in [3.8, 4) is 0 Å². The lowest BCUT2D eigenvalue weighted by molar-refractivity contribution is -0.116. The number of hydrogen-bond donors (Lipinski definition) is 3. The van der Waals surface area contributed by atoms with Crippen LogP contribution in [0, 0.1) is 6.92 Å². The standard InChI is InChI=1S/C17H19BrN4O.HI/c1-12-2-6-15(7-3-12)22-17(19)20-11-10-16(23)21-14-8-4-13(18)5-9-14;/h2-9H,10-11H2,1H3,(H,21,23)(H3,19,20,22);1H. The van der Waals surface area contributed by atoms with Crippen molar-refractivity contribution in [3.05, 3.63) is 58.6 Å². The van der Waals surface area contributed by atoms with Crippen LogP contribution in [0.5, 0.6) is 0 Å². The molecule has 1 amide bonds. The van der Waals surface area contributed by atoms with Crippen LogP contribution in [0.2, 0.25) is 0 Å². The Morgan fingerprint density at radius 3 is 2.21 bits per heavy atom.